The topological polar surface area (TPSA) is 58.9 Å². The van der Waals surface area contributed by atoms with E-state index < -0.39 is 0 Å². The van der Waals surface area contributed by atoms with Gasteiger partial charge in [0.1, 0.15) is 12.1 Å². The summed E-state index contributed by atoms with van der Waals surface area (Å²) >= 11 is 0. The van der Waals surface area contributed by atoms with Gasteiger partial charge in [0, 0.05) is 16.8 Å². The Hall–Kier alpha value is -0.294. The SMILES string of the molecule is C[C]1[CH][C](C)[C](C)[C]1C.O=N[C@@H]1[C@H]2CC[C@H](C2)[C@@H]1N=O.[Co]. The van der Waals surface area contributed by atoms with Crippen LogP contribution in [0.1, 0.15) is 47.0 Å². The molecule has 0 saturated heterocycles. The Morgan fingerprint density at radius 1 is 0.857 bits per heavy atom. The molecule has 3 aliphatic carbocycles. The molecule has 3 aliphatic rings. The molecule has 118 valence electrons. The number of rotatable bonds is 2. The van der Waals surface area contributed by atoms with Gasteiger partial charge in [-0.25, -0.2) is 0 Å². The number of nitrogens with zero attached hydrogens (tertiary/aromatic N) is 2. The van der Waals surface area contributed by atoms with E-state index in [1.165, 1.54) is 23.7 Å². The van der Waals surface area contributed by atoms with Gasteiger partial charge in [0.25, 0.3) is 0 Å². The molecule has 0 amide bonds. The Morgan fingerprint density at radius 3 is 1.48 bits per heavy atom. The molecule has 5 heteroatoms. The van der Waals surface area contributed by atoms with Crippen LogP contribution in [0, 0.1) is 51.7 Å². The summed E-state index contributed by atoms with van der Waals surface area (Å²) in [5, 5.41) is 5.96. The van der Waals surface area contributed by atoms with Gasteiger partial charge >= 0.3 is 0 Å². The summed E-state index contributed by atoms with van der Waals surface area (Å²) in [4.78, 5) is 20.6. The van der Waals surface area contributed by atoms with Crippen molar-refractivity contribution in [2.45, 2.75) is 59.0 Å². The Morgan fingerprint density at radius 2 is 1.24 bits per heavy atom. The smallest absolute Gasteiger partial charge is 0.121 e. The Kier molecular flexibility index (Phi) is 6.98. The van der Waals surface area contributed by atoms with Crippen molar-refractivity contribution in [2.75, 3.05) is 0 Å². The van der Waals surface area contributed by atoms with Crippen molar-refractivity contribution in [1.82, 2.24) is 0 Å². The number of nitroso groups, excluding NO2 is 2. The summed E-state index contributed by atoms with van der Waals surface area (Å²) in [5.74, 6) is 6.47. The maximum atomic E-state index is 10.3. The summed E-state index contributed by atoms with van der Waals surface area (Å²) in [6.45, 7) is 8.68. The van der Waals surface area contributed by atoms with Gasteiger partial charge < -0.3 is 0 Å². The minimum absolute atomic E-state index is 0. The molecule has 0 unspecified atom stereocenters. The van der Waals surface area contributed by atoms with Gasteiger partial charge in [-0.3, -0.25) is 0 Å². The van der Waals surface area contributed by atoms with Crippen LogP contribution in [0.2, 0.25) is 0 Å². The average Bonchev–Trinajstić information content (AvgIpc) is 3.10. The molecule has 0 spiro atoms. The van der Waals surface area contributed by atoms with E-state index in [2.05, 4.69) is 44.5 Å². The van der Waals surface area contributed by atoms with Gasteiger partial charge in [-0.15, -0.1) is 0 Å². The molecule has 3 fully saturated rings. The van der Waals surface area contributed by atoms with Crippen molar-refractivity contribution in [1.29, 1.82) is 0 Å². The van der Waals surface area contributed by atoms with Crippen molar-refractivity contribution in [3.63, 3.8) is 0 Å². The van der Waals surface area contributed by atoms with E-state index in [1.54, 1.807) is 0 Å². The van der Waals surface area contributed by atoms with Crippen LogP contribution in [-0.4, -0.2) is 12.1 Å². The zero-order chi connectivity index (χ0) is 14.9. The molecule has 21 heavy (non-hydrogen) atoms. The summed E-state index contributed by atoms with van der Waals surface area (Å²) in [6, 6.07) is -0.600. The maximum Gasteiger partial charge on any atom is 0.121 e. The third kappa shape index (κ3) is 3.73. The summed E-state index contributed by atoms with van der Waals surface area (Å²) in [5.41, 5.74) is 0. The molecule has 2 bridgehead atoms. The Labute approximate surface area is 138 Å². The third-order valence-corrected chi connectivity index (χ3v) is 5.25. The summed E-state index contributed by atoms with van der Waals surface area (Å²) in [6.07, 6.45) is 5.36. The van der Waals surface area contributed by atoms with E-state index in [1.807, 2.05) is 0 Å². The number of hydrogen-bond acceptors (Lipinski definition) is 4. The summed E-state index contributed by atoms with van der Waals surface area (Å²) in [7, 11) is 0. The standard InChI is InChI=1S/C9H13.C7H10N2O2.Co/c1-6-5-7(2)9(4)8(6)3;10-8-6-4-1-2-5(3-4)7(6)9-11;/h5H,1-4H3;4-7H,1-3H2;/t;4-,5+,6+,7-;. The monoisotopic (exact) mass is 334 g/mol. The molecule has 6 radical (unpaired) electrons. The Balaban J connectivity index is 0.000000205. The van der Waals surface area contributed by atoms with Crippen LogP contribution < -0.4 is 0 Å². The Bertz CT molecular complexity index is 334. The molecular weight excluding hydrogens is 311 g/mol. The van der Waals surface area contributed by atoms with Crippen LogP contribution in [0.25, 0.3) is 0 Å². The molecule has 0 heterocycles. The van der Waals surface area contributed by atoms with Gasteiger partial charge in [-0.05, 0) is 61.2 Å². The van der Waals surface area contributed by atoms with Crippen LogP contribution in [0.15, 0.2) is 10.4 Å². The molecule has 0 aromatic carbocycles. The largest absolute Gasteiger partial charge is 0.150 e. The normalized spacial score (nSPS) is 37.0. The molecule has 0 N–H and O–H groups in total. The van der Waals surface area contributed by atoms with Crippen molar-refractivity contribution in [3.05, 3.63) is 39.9 Å². The maximum absolute atomic E-state index is 10.3. The number of fused-ring (bicyclic) bond motifs is 2. The van der Waals surface area contributed by atoms with Gasteiger partial charge in [-0.2, -0.15) is 9.81 Å². The molecule has 0 aliphatic heterocycles. The first-order chi connectivity index (χ1) is 9.49. The van der Waals surface area contributed by atoms with E-state index >= 15 is 0 Å². The zero-order valence-corrected chi connectivity index (χ0v) is 14.1. The fourth-order valence-electron chi connectivity index (χ4n) is 3.66. The predicted octanol–water partition coefficient (Wildman–Crippen LogP) is 4.27. The van der Waals surface area contributed by atoms with E-state index in [0.717, 1.165) is 19.3 Å². The van der Waals surface area contributed by atoms with Crippen LogP contribution in [0.3, 0.4) is 0 Å². The average molecular weight is 334 g/mol. The molecule has 4 atom stereocenters. The van der Waals surface area contributed by atoms with Crippen molar-refractivity contribution >= 4 is 0 Å². The molecule has 3 saturated carbocycles. The first kappa shape index (κ1) is 18.8. The van der Waals surface area contributed by atoms with E-state index in [4.69, 9.17) is 0 Å². The van der Waals surface area contributed by atoms with Crippen molar-refractivity contribution < 1.29 is 16.8 Å². The van der Waals surface area contributed by atoms with Gasteiger partial charge in [0.15, 0.2) is 0 Å². The first-order valence-electron chi connectivity index (χ1n) is 7.34. The van der Waals surface area contributed by atoms with Crippen LogP contribution in [-0.2, 0) is 16.8 Å². The molecule has 4 nitrogen and oxygen atoms in total. The molecule has 3 rings (SSSR count). The molecule has 0 aromatic heterocycles. The fraction of sp³-hybridized carbons (Fsp3) is 0.688. The van der Waals surface area contributed by atoms with Gasteiger partial charge in [0.2, 0.25) is 0 Å². The van der Waals surface area contributed by atoms with Crippen LogP contribution in [0.5, 0.6) is 0 Å². The van der Waals surface area contributed by atoms with Gasteiger partial charge in [0.05, 0.1) is 0 Å². The van der Waals surface area contributed by atoms with Gasteiger partial charge in [-0.1, -0.05) is 38.0 Å². The van der Waals surface area contributed by atoms with E-state index in [0.29, 0.717) is 11.8 Å². The van der Waals surface area contributed by atoms with E-state index in [9.17, 15) is 9.81 Å². The minimum Gasteiger partial charge on any atom is -0.150 e. The van der Waals surface area contributed by atoms with E-state index in [-0.39, 0.29) is 28.9 Å². The van der Waals surface area contributed by atoms with Crippen LogP contribution in [0.4, 0.5) is 0 Å². The first-order valence-corrected chi connectivity index (χ1v) is 7.34. The van der Waals surface area contributed by atoms with Crippen molar-refractivity contribution in [2.24, 2.45) is 22.2 Å². The second-order valence-corrected chi connectivity index (χ2v) is 6.29. The molecular formula is C16H23CoN2O2. The molecule has 0 aromatic rings. The predicted molar refractivity (Wildman–Crippen MR) is 80.0 cm³/mol. The summed E-state index contributed by atoms with van der Waals surface area (Å²) < 4.78 is 0. The second-order valence-electron chi connectivity index (χ2n) is 6.29. The van der Waals surface area contributed by atoms with Crippen molar-refractivity contribution in [3.8, 4) is 0 Å². The number of hydrogen-bond donors (Lipinski definition) is 0. The minimum atomic E-state index is -0.300. The quantitative estimate of drug-likeness (QED) is 0.708. The zero-order valence-electron chi connectivity index (χ0n) is 13.1. The van der Waals surface area contributed by atoms with Crippen LogP contribution >= 0.6 is 0 Å². The fourth-order valence-corrected chi connectivity index (χ4v) is 3.66. The second kappa shape index (κ2) is 7.81. The third-order valence-electron chi connectivity index (χ3n) is 5.25.